The summed E-state index contributed by atoms with van der Waals surface area (Å²) in [6.45, 7) is 0.513. The fourth-order valence-electron chi connectivity index (χ4n) is 2.10. The van der Waals surface area contributed by atoms with E-state index in [1.165, 1.54) is 28.7 Å². The monoisotopic (exact) mass is 282 g/mol. The van der Waals surface area contributed by atoms with E-state index in [-0.39, 0.29) is 11.4 Å². The maximum atomic E-state index is 13.1. The van der Waals surface area contributed by atoms with Crippen molar-refractivity contribution < 1.29 is 17.3 Å². The van der Waals surface area contributed by atoms with E-state index >= 15 is 0 Å². The summed E-state index contributed by atoms with van der Waals surface area (Å²) in [6, 6.07) is 5.02. The number of fused-ring (bicyclic) bond motifs is 1. The molecule has 3 rings (SSSR count). The fourth-order valence-corrected chi connectivity index (χ4v) is 3.55. The van der Waals surface area contributed by atoms with Gasteiger partial charge in [-0.2, -0.15) is 4.31 Å². The second-order valence-electron chi connectivity index (χ2n) is 4.32. The van der Waals surface area contributed by atoms with Gasteiger partial charge in [-0.15, -0.1) is 0 Å². The van der Waals surface area contributed by atoms with Gasteiger partial charge in [0.25, 0.3) is 0 Å². The van der Waals surface area contributed by atoms with E-state index in [4.69, 9.17) is 4.52 Å². The van der Waals surface area contributed by atoms with Gasteiger partial charge in [-0.3, -0.25) is 0 Å². The lowest BCUT2D eigenvalue weighted by Gasteiger charge is -2.24. The maximum Gasteiger partial charge on any atom is 0.243 e. The molecule has 0 unspecified atom stereocenters. The van der Waals surface area contributed by atoms with E-state index in [9.17, 15) is 12.8 Å². The van der Waals surface area contributed by atoms with E-state index in [2.05, 4.69) is 5.16 Å². The molecule has 1 aliphatic rings. The van der Waals surface area contributed by atoms with E-state index < -0.39 is 15.8 Å². The van der Waals surface area contributed by atoms with Gasteiger partial charge >= 0.3 is 0 Å². The molecule has 2 heterocycles. The lowest BCUT2D eigenvalue weighted by molar-refractivity contribution is 0.331. The molecule has 19 heavy (non-hydrogen) atoms. The molecule has 0 atom stereocenters. The molecule has 0 amide bonds. The molecule has 7 heteroatoms. The first-order valence-electron chi connectivity index (χ1n) is 5.75. The number of benzene rings is 1. The van der Waals surface area contributed by atoms with Crippen LogP contribution >= 0.6 is 0 Å². The van der Waals surface area contributed by atoms with Crippen LogP contribution in [-0.2, 0) is 23.0 Å². The van der Waals surface area contributed by atoms with Crippen molar-refractivity contribution in [3.63, 3.8) is 0 Å². The maximum absolute atomic E-state index is 13.1. The molecule has 0 bridgehead atoms. The topological polar surface area (TPSA) is 63.4 Å². The average Bonchev–Trinajstić information content (AvgIpc) is 2.85. The summed E-state index contributed by atoms with van der Waals surface area (Å²) in [5, 5.41) is 3.65. The van der Waals surface area contributed by atoms with Gasteiger partial charge in [0.15, 0.2) is 0 Å². The fraction of sp³-hybridized carbons (Fsp3) is 0.250. The van der Waals surface area contributed by atoms with Crippen LogP contribution in [-0.4, -0.2) is 24.4 Å². The Bertz CT molecular complexity index is 711. The summed E-state index contributed by atoms with van der Waals surface area (Å²) in [4.78, 5) is -0.0348. The third-order valence-electron chi connectivity index (χ3n) is 3.10. The Balaban J connectivity index is 1.94. The molecule has 0 spiro atoms. The Morgan fingerprint density at radius 1 is 1.37 bits per heavy atom. The molecule has 2 aromatic rings. The zero-order chi connectivity index (χ0) is 13.5. The summed E-state index contributed by atoms with van der Waals surface area (Å²) < 4.78 is 44.2. The molecule has 1 aliphatic heterocycles. The Labute approximate surface area is 109 Å². The highest BCUT2D eigenvalue weighted by molar-refractivity contribution is 7.89. The lowest BCUT2D eigenvalue weighted by atomic mass is 10.1. The molecular formula is C12H11FN2O3S. The van der Waals surface area contributed by atoms with Gasteiger partial charge in [-0.25, -0.2) is 12.8 Å². The second-order valence-corrected chi connectivity index (χ2v) is 6.26. The average molecular weight is 282 g/mol. The Hall–Kier alpha value is -1.73. The third-order valence-corrected chi connectivity index (χ3v) is 4.94. The summed E-state index contributed by atoms with van der Waals surface area (Å²) in [5.41, 5.74) is 0.756. The van der Waals surface area contributed by atoms with Crippen molar-refractivity contribution in [1.29, 1.82) is 0 Å². The molecule has 5 nitrogen and oxygen atoms in total. The van der Waals surface area contributed by atoms with Gasteiger partial charge in [0.1, 0.15) is 11.6 Å². The third kappa shape index (κ3) is 2.15. The van der Waals surface area contributed by atoms with E-state index in [1.54, 1.807) is 0 Å². The summed E-state index contributed by atoms with van der Waals surface area (Å²) >= 11 is 0. The largest absolute Gasteiger partial charge is 0.361 e. The van der Waals surface area contributed by atoms with E-state index in [1.807, 2.05) is 0 Å². The zero-order valence-electron chi connectivity index (χ0n) is 9.91. The minimum atomic E-state index is -3.68. The van der Waals surface area contributed by atoms with Crippen molar-refractivity contribution in [2.75, 3.05) is 6.54 Å². The van der Waals surface area contributed by atoms with Crippen LogP contribution in [0.25, 0.3) is 0 Å². The predicted molar refractivity (Wildman–Crippen MR) is 64.2 cm³/mol. The standard InChI is InChI=1S/C12H11FN2O3S/c13-10-2-1-3-11(6-10)19(16,17)15-5-4-12-9(8-15)7-14-18-12/h1-3,6-7H,4-5,8H2. The highest BCUT2D eigenvalue weighted by Crippen LogP contribution is 2.24. The molecule has 0 fully saturated rings. The molecule has 1 aromatic carbocycles. The van der Waals surface area contributed by atoms with Crippen LogP contribution in [0, 0.1) is 5.82 Å². The van der Waals surface area contributed by atoms with Crippen LogP contribution in [0.2, 0.25) is 0 Å². The quantitative estimate of drug-likeness (QED) is 0.838. The number of hydrogen-bond donors (Lipinski definition) is 0. The van der Waals surface area contributed by atoms with Gasteiger partial charge in [0.05, 0.1) is 11.1 Å². The van der Waals surface area contributed by atoms with E-state index in [0.29, 0.717) is 18.7 Å². The van der Waals surface area contributed by atoms with Crippen molar-refractivity contribution in [2.45, 2.75) is 17.9 Å². The smallest absolute Gasteiger partial charge is 0.243 e. The molecule has 0 N–H and O–H groups in total. The first kappa shape index (κ1) is 12.3. The van der Waals surface area contributed by atoms with Gasteiger partial charge in [0.2, 0.25) is 10.0 Å². The first-order chi connectivity index (χ1) is 9.07. The SMILES string of the molecule is O=S(=O)(c1cccc(F)c1)N1CCc2oncc2C1. The van der Waals surface area contributed by atoms with Crippen LogP contribution < -0.4 is 0 Å². The number of rotatable bonds is 2. The second kappa shape index (κ2) is 4.43. The minimum Gasteiger partial charge on any atom is -0.361 e. The van der Waals surface area contributed by atoms with Crippen LogP contribution in [0.4, 0.5) is 4.39 Å². The van der Waals surface area contributed by atoms with Crippen molar-refractivity contribution >= 4 is 10.0 Å². The van der Waals surface area contributed by atoms with E-state index in [0.717, 1.165) is 11.6 Å². The van der Waals surface area contributed by atoms with Crippen molar-refractivity contribution in [3.05, 3.63) is 47.6 Å². The summed E-state index contributed by atoms with van der Waals surface area (Å²) in [7, 11) is -3.68. The van der Waals surface area contributed by atoms with Crippen molar-refractivity contribution in [2.24, 2.45) is 0 Å². The Kier molecular flexibility index (Phi) is 2.87. The molecule has 0 saturated heterocycles. The van der Waals surface area contributed by atoms with Gasteiger partial charge in [-0.05, 0) is 18.2 Å². The molecule has 0 saturated carbocycles. The first-order valence-corrected chi connectivity index (χ1v) is 7.19. The van der Waals surface area contributed by atoms with Gasteiger partial charge in [-0.1, -0.05) is 11.2 Å². The Morgan fingerprint density at radius 2 is 2.21 bits per heavy atom. The predicted octanol–water partition coefficient (Wildman–Crippen LogP) is 1.56. The van der Waals surface area contributed by atoms with Crippen LogP contribution in [0.5, 0.6) is 0 Å². The molecule has 0 aliphatic carbocycles. The van der Waals surface area contributed by atoms with Gasteiger partial charge < -0.3 is 4.52 Å². The highest BCUT2D eigenvalue weighted by atomic mass is 32.2. The van der Waals surface area contributed by atoms with Crippen molar-refractivity contribution in [3.8, 4) is 0 Å². The number of halogens is 1. The number of sulfonamides is 1. The van der Waals surface area contributed by atoms with Crippen LogP contribution in [0.15, 0.2) is 39.9 Å². The number of nitrogens with zero attached hydrogens (tertiary/aromatic N) is 2. The molecular weight excluding hydrogens is 271 g/mol. The molecule has 0 radical (unpaired) electrons. The molecule has 1 aromatic heterocycles. The van der Waals surface area contributed by atoms with Crippen molar-refractivity contribution in [1.82, 2.24) is 9.46 Å². The van der Waals surface area contributed by atoms with Gasteiger partial charge in [0, 0.05) is 25.1 Å². The van der Waals surface area contributed by atoms with Crippen LogP contribution in [0.1, 0.15) is 11.3 Å². The highest BCUT2D eigenvalue weighted by Gasteiger charge is 2.30. The zero-order valence-corrected chi connectivity index (χ0v) is 10.7. The summed E-state index contributed by atoms with van der Waals surface area (Å²) in [6.07, 6.45) is 1.99. The lowest BCUT2D eigenvalue weighted by Crippen LogP contribution is -2.35. The normalized spacial score (nSPS) is 16.3. The summed E-state index contributed by atoms with van der Waals surface area (Å²) in [5.74, 6) is 0.148. The number of hydrogen-bond acceptors (Lipinski definition) is 4. The Morgan fingerprint density at radius 3 is 3.00 bits per heavy atom. The molecule has 100 valence electrons. The minimum absolute atomic E-state index is 0.0348. The number of aromatic nitrogens is 1. The van der Waals surface area contributed by atoms with Crippen LogP contribution in [0.3, 0.4) is 0 Å².